The normalized spacial score (nSPS) is 11.8. The average Bonchev–Trinajstić information content (AvgIpc) is 2.87. The van der Waals surface area contributed by atoms with E-state index in [1.807, 2.05) is 0 Å². The van der Waals surface area contributed by atoms with Crippen LogP contribution in [-0.2, 0) is 10.0 Å². The van der Waals surface area contributed by atoms with E-state index in [4.69, 9.17) is 0 Å². The smallest absolute Gasteiger partial charge is 0.244 e. The number of rotatable bonds is 7. The molecule has 2 rings (SSSR count). The van der Waals surface area contributed by atoms with Crippen LogP contribution < -0.4 is 0 Å². The van der Waals surface area contributed by atoms with E-state index in [0.717, 1.165) is 4.31 Å². The average molecular weight is 396 g/mol. The van der Waals surface area contributed by atoms with E-state index < -0.39 is 10.0 Å². The first-order chi connectivity index (χ1) is 12.1. The summed E-state index contributed by atoms with van der Waals surface area (Å²) in [5.41, 5.74) is 2.31. The minimum Gasteiger partial charge on any atom is -0.355 e. The molecule has 2 aromatic rings. The molecule has 0 aliphatic carbocycles. The van der Waals surface area contributed by atoms with Crippen molar-refractivity contribution in [1.82, 2.24) is 14.3 Å². The Morgan fingerprint density at radius 2 is 1.88 bits per heavy atom. The Morgan fingerprint density at radius 3 is 2.35 bits per heavy atom. The van der Waals surface area contributed by atoms with E-state index in [-0.39, 0.29) is 22.2 Å². The van der Waals surface area contributed by atoms with Gasteiger partial charge in [0.2, 0.25) is 10.0 Å². The van der Waals surface area contributed by atoms with Crippen LogP contribution in [0, 0.1) is 13.8 Å². The number of aryl methyl sites for hydroxylation is 1. The van der Waals surface area contributed by atoms with Crippen LogP contribution in [0.15, 0.2) is 28.3 Å². The van der Waals surface area contributed by atoms with E-state index >= 15 is 0 Å². The van der Waals surface area contributed by atoms with Gasteiger partial charge < -0.3 is 4.98 Å². The van der Waals surface area contributed by atoms with E-state index in [1.165, 1.54) is 45.0 Å². The number of aromatic nitrogens is 2. The molecule has 2 aromatic heterocycles. The Bertz CT molecular complexity index is 945. The highest BCUT2D eigenvalue weighted by molar-refractivity contribution is 7.99. The van der Waals surface area contributed by atoms with Crippen molar-refractivity contribution in [3.8, 4) is 0 Å². The number of ketones is 2. The maximum atomic E-state index is 12.4. The number of aromatic amines is 1. The summed E-state index contributed by atoms with van der Waals surface area (Å²) < 4.78 is 25.1. The van der Waals surface area contributed by atoms with Gasteiger partial charge in [0, 0.05) is 31.5 Å². The number of Topliss-reactive ketones (excluding diaryl/α,β-unsaturated/α-hetero) is 2. The van der Waals surface area contributed by atoms with Crippen LogP contribution in [0.3, 0.4) is 0 Å². The van der Waals surface area contributed by atoms with Gasteiger partial charge in [-0.15, -0.1) is 0 Å². The van der Waals surface area contributed by atoms with Crippen molar-refractivity contribution < 1.29 is 18.0 Å². The molecular formula is C17H21N3O4S2. The summed E-state index contributed by atoms with van der Waals surface area (Å²) in [4.78, 5) is 31.3. The van der Waals surface area contributed by atoms with Crippen molar-refractivity contribution in [2.75, 3.05) is 19.8 Å². The van der Waals surface area contributed by atoms with Crippen LogP contribution in [0.5, 0.6) is 0 Å². The highest BCUT2D eigenvalue weighted by atomic mass is 32.2. The van der Waals surface area contributed by atoms with Crippen LogP contribution in [0.1, 0.15) is 39.0 Å². The number of thioether (sulfide) groups is 1. The van der Waals surface area contributed by atoms with Crippen LogP contribution in [0.25, 0.3) is 0 Å². The zero-order valence-electron chi connectivity index (χ0n) is 15.3. The van der Waals surface area contributed by atoms with E-state index in [1.54, 1.807) is 19.9 Å². The van der Waals surface area contributed by atoms with Crippen molar-refractivity contribution in [2.24, 2.45) is 0 Å². The molecule has 0 spiro atoms. The minimum absolute atomic E-state index is 0.0812. The summed E-state index contributed by atoms with van der Waals surface area (Å²) in [7, 11) is -0.624. The van der Waals surface area contributed by atoms with Gasteiger partial charge in [-0.2, -0.15) is 0 Å². The molecule has 0 saturated carbocycles. The zero-order valence-corrected chi connectivity index (χ0v) is 16.9. The molecule has 0 unspecified atom stereocenters. The number of nitrogens with zero attached hydrogens (tertiary/aromatic N) is 2. The van der Waals surface area contributed by atoms with Gasteiger partial charge in [0.05, 0.1) is 16.5 Å². The number of hydrogen-bond donors (Lipinski definition) is 1. The SMILES string of the molecule is CC(=O)c1c(C)[nH]c(C(=O)CSc2ccc(S(=O)(=O)N(C)C)cn2)c1C. The second kappa shape index (κ2) is 7.73. The van der Waals surface area contributed by atoms with Crippen molar-refractivity contribution in [2.45, 2.75) is 30.7 Å². The topological polar surface area (TPSA) is 100 Å². The summed E-state index contributed by atoms with van der Waals surface area (Å²) >= 11 is 1.21. The third-order valence-electron chi connectivity index (χ3n) is 3.91. The third kappa shape index (κ3) is 4.05. The van der Waals surface area contributed by atoms with Gasteiger partial charge in [0.15, 0.2) is 11.6 Å². The maximum Gasteiger partial charge on any atom is 0.244 e. The molecule has 140 valence electrons. The number of sulfonamides is 1. The molecule has 7 nitrogen and oxygen atoms in total. The van der Waals surface area contributed by atoms with Crippen LogP contribution >= 0.6 is 11.8 Å². The number of hydrogen-bond acceptors (Lipinski definition) is 6. The Morgan fingerprint density at radius 1 is 1.23 bits per heavy atom. The summed E-state index contributed by atoms with van der Waals surface area (Å²) in [6, 6.07) is 3.04. The predicted octanol–water partition coefficient (Wildman–Crippen LogP) is 2.45. The van der Waals surface area contributed by atoms with Gasteiger partial charge in [-0.05, 0) is 38.5 Å². The minimum atomic E-state index is -3.53. The third-order valence-corrected chi connectivity index (χ3v) is 6.65. The standard InChI is InChI=1S/C17H21N3O4S2/c1-10-16(12(3)21)11(2)19-17(10)14(22)9-25-15-7-6-13(8-18-15)26(23,24)20(4)5/h6-8,19H,9H2,1-5H3. The lowest BCUT2D eigenvalue weighted by atomic mass is 10.1. The van der Waals surface area contributed by atoms with Crippen LogP contribution in [0.2, 0.25) is 0 Å². The molecule has 1 N–H and O–H groups in total. The molecule has 9 heteroatoms. The molecule has 26 heavy (non-hydrogen) atoms. The van der Waals surface area contributed by atoms with Gasteiger partial charge in [-0.25, -0.2) is 17.7 Å². The van der Waals surface area contributed by atoms with Crippen LogP contribution in [0.4, 0.5) is 0 Å². The first kappa shape index (κ1) is 20.3. The van der Waals surface area contributed by atoms with Gasteiger partial charge in [-0.3, -0.25) is 9.59 Å². The molecule has 0 radical (unpaired) electrons. The van der Waals surface area contributed by atoms with Gasteiger partial charge in [0.1, 0.15) is 4.90 Å². The maximum absolute atomic E-state index is 12.4. The molecule has 0 atom stereocenters. The molecule has 0 aliphatic rings. The molecule has 0 aliphatic heterocycles. The second-order valence-electron chi connectivity index (χ2n) is 6.01. The quantitative estimate of drug-likeness (QED) is 0.571. The predicted molar refractivity (Wildman–Crippen MR) is 100 cm³/mol. The van der Waals surface area contributed by atoms with Gasteiger partial charge in [-0.1, -0.05) is 11.8 Å². The highest BCUT2D eigenvalue weighted by Crippen LogP contribution is 2.23. The molecule has 0 amide bonds. The number of carbonyl (C=O) groups is 2. The van der Waals surface area contributed by atoms with Crippen molar-refractivity contribution >= 4 is 33.4 Å². The van der Waals surface area contributed by atoms with Gasteiger partial charge in [0.25, 0.3) is 0 Å². The summed E-state index contributed by atoms with van der Waals surface area (Å²) in [5, 5.41) is 0.545. The second-order valence-corrected chi connectivity index (χ2v) is 9.16. The van der Waals surface area contributed by atoms with Crippen LogP contribution in [-0.4, -0.2) is 54.1 Å². The first-order valence-corrected chi connectivity index (χ1v) is 10.2. The number of carbonyl (C=O) groups excluding carboxylic acids is 2. The molecule has 2 heterocycles. The van der Waals surface area contributed by atoms with E-state index in [0.29, 0.717) is 27.5 Å². The molecule has 0 bridgehead atoms. The number of nitrogens with one attached hydrogen (secondary N) is 1. The first-order valence-electron chi connectivity index (χ1n) is 7.80. The molecule has 0 saturated heterocycles. The molecule has 0 fully saturated rings. The van der Waals surface area contributed by atoms with Crippen molar-refractivity contribution in [1.29, 1.82) is 0 Å². The van der Waals surface area contributed by atoms with E-state index in [2.05, 4.69) is 9.97 Å². The lowest BCUT2D eigenvalue weighted by molar-refractivity contribution is 0.101. The lowest BCUT2D eigenvalue weighted by Gasteiger charge is -2.10. The Kier molecular flexibility index (Phi) is 6.05. The summed E-state index contributed by atoms with van der Waals surface area (Å²) in [6.45, 7) is 4.98. The molecule has 0 aromatic carbocycles. The lowest BCUT2D eigenvalue weighted by Crippen LogP contribution is -2.22. The largest absolute Gasteiger partial charge is 0.355 e. The summed E-state index contributed by atoms with van der Waals surface area (Å²) in [5.74, 6) is -0.0949. The van der Waals surface area contributed by atoms with Gasteiger partial charge >= 0.3 is 0 Å². The summed E-state index contributed by atoms with van der Waals surface area (Å²) in [6.07, 6.45) is 1.28. The highest BCUT2D eigenvalue weighted by Gasteiger charge is 2.20. The van der Waals surface area contributed by atoms with E-state index in [9.17, 15) is 18.0 Å². The molecular weight excluding hydrogens is 374 g/mol. The fourth-order valence-corrected chi connectivity index (χ4v) is 4.15. The van der Waals surface area contributed by atoms with Crippen molar-refractivity contribution in [3.63, 3.8) is 0 Å². The Hall–Kier alpha value is -1.97. The number of H-pyrrole nitrogens is 1. The Balaban J connectivity index is 2.11. The number of pyridine rings is 1. The zero-order chi connectivity index (χ0) is 19.6. The fraction of sp³-hybridized carbons (Fsp3) is 0.353. The fourth-order valence-electron chi connectivity index (χ4n) is 2.58. The monoisotopic (exact) mass is 395 g/mol. The van der Waals surface area contributed by atoms with Crippen molar-refractivity contribution in [3.05, 3.63) is 40.8 Å². The Labute approximate surface area is 157 Å².